The second kappa shape index (κ2) is 8.36. The molecule has 0 saturated carbocycles. The standard InChI is InChI=1S/C24H25FO2/c1-18-7-9-20(10-8-18)24(2,3)17-26-16-19-5-4-6-23(15-19)27-22-13-11-21(25)12-14-22/h4-15H,16-17H2,1-3H3. The van der Waals surface area contributed by atoms with E-state index in [-0.39, 0.29) is 11.2 Å². The SMILES string of the molecule is Cc1ccc(C(C)(C)COCc2cccc(Oc3ccc(F)cc3)c2)cc1. The van der Waals surface area contributed by atoms with Gasteiger partial charge in [0.2, 0.25) is 0 Å². The Balaban J connectivity index is 1.58. The highest BCUT2D eigenvalue weighted by Crippen LogP contribution is 2.26. The van der Waals surface area contributed by atoms with E-state index in [1.54, 1.807) is 12.1 Å². The van der Waals surface area contributed by atoms with E-state index in [0.29, 0.717) is 24.7 Å². The maximum Gasteiger partial charge on any atom is 0.127 e. The first-order valence-corrected chi connectivity index (χ1v) is 9.10. The molecule has 0 saturated heterocycles. The number of ether oxygens (including phenoxy) is 2. The van der Waals surface area contributed by atoms with Crippen molar-refractivity contribution in [3.63, 3.8) is 0 Å². The van der Waals surface area contributed by atoms with Gasteiger partial charge in [0.25, 0.3) is 0 Å². The smallest absolute Gasteiger partial charge is 0.127 e. The van der Waals surface area contributed by atoms with E-state index in [4.69, 9.17) is 9.47 Å². The molecule has 0 aliphatic carbocycles. The molecular weight excluding hydrogens is 339 g/mol. The number of hydrogen-bond donors (Lipinski definition) is 0. The summed E-state index contributed by atoms with van der Waals surface area (Å²) in [5.74, 6) is 1.04. The molecule has 27 heavy (non-hydrogen) atoms. The van der Waals surface area contributed by atoms with Crippen LogP contribution < -0.4 is 4.74 Å². The zero-order chi connectivity index (χ0) is 19.3. The lowest BCUT2D eigenvalue weighted by molar-refractivity contribution is 0.0824. The van der Waals surface area contributed by atoms with Crippen LogP contribution in [-0.2, 0) is 16.8 Å². The van der Waals surface area contributed by atoms with Crippen molar-refractivity contribution < 1.29 is 13.9 Å². The molecule has 0 heterocycles. The first kappa shape index (κ1) is 19.1. The molecule has 0 N–H and O–H groups in total. The summed E-state index contributed by atoms with van der Waals surface area (Å²) < 4.78 is 24.8. The second-order valence-electron chi connectivity index (χ2n) is 7.45. The monoisotopic (exact) mass is 364 g/mol. The van der Waals surface area contributed by atoms with E-state index in [1.807, 2.05) is 24.3 Å². The molecule has 0 spiro atoms. The lowest BCUT2D eigenvalue weighted by Gasteiger charge is -2.25. The summed E-state index contributed by atoms with van der Waals surface area (Å²) in [6.45, 7) is 7.60. The fourth-order valence-corrected chi connectivity index (χ4v) is 2.85. The van der Waals surface area contributed by atoms with Gasteiger partial charge in [-0.25, -0.2) is 4.39 Å². The Kier molecular flexibility index (Phi) is 5.92. The summed E-state index contributed by atoms with van der Waals surface area (Å²) in [4.78, 5) is 0. The number of hydrogen-bond acceptors (Lipinski definition) is 2. The average molecular weight is 364 g/mol. The van der Waals surface area contributed by atoms with Crippen LogP contribution in [0.4, 0.5) is 4.39 Å². The third-order valence-electron chi connectivity index (χ3n) is 4.51. The van der Waals surface area contributed by atoms with Crippen molar-refractivity contribution in [1.29, 1.82) is 0 Å². The van der Waals surface area contributed by atoms with Gasteiger partial charge in [-0.05, 0) is 54.4 Å². The Bertz CT molecular complexity index is 868. The van der Waals surface area contributed by atoms with Crippen LogP contribution in [0.25, 0.3) is 0 Å². The van der Waals surface area contributed by atoms with Crippen LogP contribution in [0.5, 0.6) is 11.5 Å². The predicted octanol–water partition coefficient (Wildman–Crippen LogP) is 6.42. The lowest BCUT2D eigenvalue weighted by atomic mass is 9.85. The normalized spacial score (nSPS) is 11.4. The molecule has 0 aromatic heterocycles. The molecule has 0 fully saturated rings. The molecule has 0 unspecified atom stereocenters. The largest absolute Gasteiger partial charge is 0.457 e. The van der Waals surface area contributed by atoms with Gasteiger partial charge < -0.3 is 9.47 Å². The molecule has 3 aromatic rings. The Labute approximate surface area is 160 Å². The molecule has 3 rings (SSSR count). The maximum absolute atomic E-state index is 13.0. The van der Waals surface area contributed by atoms with Crippen LogP contribution in [-0.4, -0.2) is 6.61 Å². The number of aryl methyl sites for hydroxylation is 1. The van der Waals surface area contributed by atoms with E-state index in [2.05, 4.69) is 45.0 Å². The van der Waals surface area contributed by atoms with Crippen molar-refractivity contribution in [1.82, 2.24) is 0 Å². The highest BCUT2D eigenvalue weighted by Gasteiger charge is 2.20. The van der Waals surface area contributed by atoms with Crippen LogP contribution in [0.1, 0.15) is 30.5 Å². The molecule has 0 bridgehead atoms. The average Bonchev–Trinajstić information content (AvgIpc) is 2.64. The molecule has 0 aliphatic heterocycles. The topological polar surface area (TPSA) is 18.5 Å². The van der Waals surface area contributed by atoms with Crippen molar-refractivity contribution in [3.8, 4) is 11.5 Å². The van der Waals surface area contributed by atoms with Crippen LogP contribution in [0.3, 0.4) is 0 Å². The number of benzene rings is 3. The molecule has 2 nitrogen and oxygen atoms in total. The Morgan fingerprint density at radius 3 is 2.26 bits per heavy atom. The highest BCUT2D eigenvalue weighted by molar-refractivity contribution is 5.34. The van der Waals surface area contributed by atoms with Gasteiger partial charge in [0.15, 0.2) is 0 Å². The first-order valence-electron chi connectivity index (χ1n) is 9.10. The quantitative estimate of drug-likeness (QED) is 0.481. The Morgan fingerprint density at radius 2 is 1.56 bits per heavy atom. The van der Waals surface area contributed by atoms with Crippen LogP contribution in [0.2, 0.25) is 0 Å². The molecule has 0 aliphatic rings. The zero-order valence-corrected chi connectivity index (χ0v) is 16.0. The number of rotatable bonds is 7. The molecular formula is C24H25FO2. The molecule has 0 atom stereocenters. The third-order valence-corrected chi connectivity index (χ3v) is 4.51. The van der Waals surface area contributed by atoms with Crippen LogP contribution in [0.15, 0.2) is 72.8 Å². The summed E-state index contributed by atoms with van der Waals surface area (Å²) >= 11 is 0. The van der Waals surface area contributed by atoms with Crippen molar-refractivity contribution in [2.45, 2.75) is 32.8 Å². The molecule has 3 heteroatoms. The first-order chi connectivity index (χ1) is 12.9. The fraction of sp³-hybridized carbons (Fsp3) is 0.250. The van der Waals surface area contributed by atoms with Gasteiger partial charge >= 0.3 is 0 Å². The molecule has 0 amide bonds. The van der Waals surface area contributed by atoms with Gasteiger partial charge in [-0.2, -0.15) is 0 Å². The summed E-state index contributed by atoms with van der Waals surface area (Å²) in [7, 11) is 0. The minimum Gasteiger partial charge on any atom is -0.457 e. The maximum atomic E-state index is 13.0. The van der Waals surface area contributed by atoms with E-state index >= 15 is 0 Å². The predicted molar refractivity (Wildman–Crippen MR) is 107 cm³/mol. The van der Waals surface area contributed by atoms with Crippen molar-refractivity contribution in [2.75, 3.05) is 6.61 Å². The summed E-state index contributed by atoms with van der Waals surface area (Å²) in [6, 6.07) is 22.4. The summed E-state index contributed by atoms with van der Waals surface area (Å²) in [6.07, 6.45) is 0. The summed E-state index contributed by atoms with van der Waals surface area (Å²) in [5.41, 5.74) is 3.50. The van der Waals surface area contributed by atoms with Gasteiger partial charge in [0, 0.05) is 5.41 Å². The van der Waals surface area contributed by atoms with Gasteiger partial charge in [-0.1, -0.05) is 55.8 Å². The van der Waals surface area contributed by atoms with Crippen LogP contribution in [0, 0.1) is 12.7 Å². The summed E-state index contributed by atoms with van der Waals surface area (Å²) in [5, 5.41) is 0. The lowest BCUT2D eigenvalue weighted by Crippen LogP contribution is -2.24. The third kappa shape index (κ3) is 5.41. The minimum absolute atomic E-state index is 0.0596. The Hall–Kier alpha value is -2.65. The van der Waals surface area contributed by atoms with Gasteiger partial charge in [-0.3, -0.25) is 0 Å². The molecule has 0 radical (unpaired) electrons. The van der Waals surface area contributed by atoms with Gasteiger partial charge in [-0.15, -0.1) is 0 Å². The highest BCUT2D eigenvalue weighted by atomic mass is 19.1. The van der Waals surface area contributed by atoms with Crippen molar-refractivity contribution >= 4 is 0 Å². The van der Waals surface area contributed by atoms with Crippen LogP contribution >= 0.6 is 0 Å². The fourth-order valence-electron chi connectivity index (χ4n) is 2.85. The second-order valence-corrected chi connectivity index (χ2v) is 7.45. The molecule has 3 aromatic carbocycles. The Morgan fingerprint density at radius 1 is 0.852 bits per heavy atom. The van der Waals surface area contributed by atoms with E-state index < -0.39 is 0 Å². The van der Waals surface area contributed by atoms with E-state index in [1.165, 1.54) is 23.3 Å². The van der Waals surface area contributed by atoms with Gasteiger partial charge in [0.1, 0.15) is 17.3 Å². The van der Waals surface area contributed by atoms with Gasteiger partial charge in [0.05, 0.1) is 13.2 Å². The number of halogens is 1. The minimum atomic E-state index is -0.277. The molecule has 140 valence electrons. The van der Waals surface area contributed by atoms with E-state index in [9.17, 15) is 4.39 Å². The van der Waals surface area contributed by atoms with Crippen molar-refractivity contribution in [2.24, 2.45) is 0 Å². The zero-order valence-electron chi connectivity index (χ0n) is 16.0. The van der Waals surface area contributed by atoms with Crippen molar-refractivity contribution in [3.05, 3.63) is 95.3 Å². The van der Waals surface area contributed by atoms with E-state index in [0.717, 1.165) is 5.56 Å².